The van der Waals surface area contributed by atoms with Crippen LogP contribution in [0.4, 0.5) is 0 Å². The molecule has 0 heterocycles. The van der Waals surface area contributed by atoms with E-state index in [1.165, 1.54) is 38.5 Å². The smallest absolute Gasteiger partial charge is 0.0359 e. The molecule has 1 atom stereocenters. The summed E-state index contributed by atoms with van der Waals surface area (Å²) in [6.07, 6.45) is 8.34. The molecule has 0 aromatic heterocycles. The fraction of sp³-hybridized carbons (Fsp3) is 1.00. The first kappa shape index (κ1) is 12.4. The van der Waals surface area contributed by atoms with Crippen molar-refractivity contribution in [3.63, 3.8) is 0 Å². The molecule has 0 aromatic carbocycles. The molecule has 2 rings (SSSR count). The van der Waals surface area contributed by atoms with Gasteiger partial charge in [-0.2, -0.15) is 0 Å². The molecule has 0 aromatic rings. The molecule has 0 saturated heterocycles. The third-order valence-electron chi connectivity index (χ3n) is 5.44. The highest BCUT2D eigenvalue weighted by atomic mass is 15.2. The summed E-state index contributed by atoms with van der Waals surface area (Å²) >= 11 is 0. The lowest BCUT2D eigenvalue weighted by atomic mass is 9.81. The number of nitrogens with zero attached hydrogens (tertiary/aromatic N) is 1. The molecular formula is C14H28N2. The highest BCUT2D eigenvalue weighted by Crippen LogP contribution is 2.56. The Balaban J connectivity index is 2.16. The molecule has 0 amide bonds. The lowest BCUT2D eigenvalue weighted by molar-refractivity contribution is 0.0159. The van der Waals surface area contributed by atoms with E-state index in [1.54, 1.807) is 0 Å². The van der Waals surface area contributed by atoms with Gasteiger partial charge in [0, 0.05) is 18.1 Å². The third kappa shape index (κ3) is 1.80. The Bertz CT molecular complexity index is 241. The molecule has 2 N–H and O–H groups in total. The summed E-state index contributed by atoms with van der Waals surface area (Å²) in [5, 5.41) is 0. The van der Waals surface area contributed by atoms with Crippen LogP contribution in [0.1, 0.15) is 59.3 Å². The summed E-state index contributed by atoms with van der Waals surface area (Å²) in [4.78, 5) is 2.73. The zero-order chi connectivity index (χ0) is 11.8. The first-order chi connectivity index (χ1) is 7.57. The van der Waals surface area contributed by atoms with Crippen LogP contribution >= 0.6 is 0 Å². The molecule has 2 heteroatoms. The van der Waals surface area contributed by atoms with Crippen LogP contribution in [0.2, 0.25) is 0 Å². The van der Waals surface area contributed by atoms with Gasteiger partial charge in [0.25, 0.3) is 0 Å². The number of likely N-dealkylation sites (N-methyl/N-ethyl adjacent to an activating group) is 1. The lowest BCUT2D eigenvalue weighted by Crippen LogP contribution is -2.59. The van der Waals surface area contributed by atoms with Gasteiger partial charge in [0.2, 0.25) is 0 Å². The van der Waals surface area contributed by atoms with E-state index in [0.29, 0.717) is 5.41 Å². The molecule has 0 aliphatic heterocycles. The lowest BCUT2D eigenvalue weighted by Gasteiger charge is -2.48. The van der Waals surface area contributed by atoms with Gasteiger partial charge in [0.05, 0.1) is 0 Å². The Labute approximate surface area is 101 Å². The first-order valence-corrected chi connectivity index (χ1v) is 7.04. The van der Waals surface area contributed by atoms with E-state index in [0.717, 1.165) is 19.1 Å². The first-order valence-electron chi connectivity index (χ1n) is 7.04. The van der Waals surface area contributed by atoms with Crippen molar-refractivity contribution in [1.29, 1.82) is 0 Å². The Hall–Kier alpha value is -0.0800. The van der Waals surface area contributed by atoms with Crippen molar-refractivity contribution in [2.24, 2.45) is 11.1 Å². The van der Waals surface area contributed by atoms with Gasteiger partial charge in [-0.3, -0.25) is 4.90 Å². The van der Waals surface area contributed by atoms with Crippen LogP contribution in [0, 0.1) is 5.41 Å². The van der Waals surface area contributed by atoms with E-state index >= 15 is 0 Å². The normalized spacial score (nSPS) is 28.3. The van der Waals surface area contributed by atoms with Gasteiger partial charge in [-0.25, -0.2) is 0 Å². The predicted molar refractivity (Wildman–Crippen MR) is 69.4 cm³/mol. The number of rotatable bonds is 5. The van der Waals surface area contributed by atoms with Crippen LogP contribution in [0.25, 0.3) is 0 Å². The molecule has 16 heavy (non-hydrogen) atoms. The largest absolute Gasteiger partial charge is 0.329 e. The zero-order valence-corrected chi connectivity index (χ0v) is 11.3. The van der Waals surface area contributed by atoms with Gasteiger partial charge in [-0.15, -0.1) is 0 Å². The van der Waals surface area contributed by atoms with E-state index < -0.39 is 0 Å². The van der Waals surface area contributed by atoms with Gasteiger partial charge >= 0.3 is 0 Å². The van der Waals surface area contributed by atoms with E-state index in [1.807, 2.05) is 0 Å². The highest BCUT2D eigenvalue weighted by molar-refractivity contribution is 5.10. The van der Waals surface area contributed by atoms with Crippen molar-refractivity contribution >= 4 is 0 Å². The van der Waals surface area contributed by atoms with E-state index in [-0.39, 0.29) is 5.54 Å². The molecule has 94 valence electrons. The second kappa shape index (κ2) is 4.30. The molecule has 2 nitrogen and oxygen atoms in total. The van der Waals surface area contributed by atoms with Crippen LogP contribution < -0.4 is 5.73 Å². The van der Waals surface area contributed by atoms with Gasteiger partial charge in [0.15, 0.2) is 0 Å². The maximum absolute atomic E-state index is 6.14. The topological polar surface area (TPSA) is 29.3 Å². The summed E-state index contributed by atoms with van der Waals surface area (Å²) in [6, 6.07) is 0.802. The van der Waals surface area contributed by atoms with E-state index in [9.17, 15) is 0 Å². The number of nitrogens with two attached hydrogens (primary N) is 1. The standard InChI is InChI=1S/C14H28N2/c1-4-16(12-7-5-6-8-12)14(3,11-15)13(2)9-10-13/h12H,4-11,15H2,1-3H3. The second-order valence-electron chi connectivity index (χ2n) is 6.26. The Kier molecular flexibility index (Phi) is 3.33. The minimum Gasteiger partial charge on any atom is -0.329 e. The van der Waals surface area contributed by atoms with Crippen molar-refractivity contribution in [1.82, 2.24) is 4.90 Å². The molecular weight excluding hydrogens is 196 g/mol. The molecule has 1 unspecified atom stereocenters. The fourth-order valence-corrected chi connectivity index (χ4v) is 3.66. The van der Waals surface area contributed by atoms with Crippen molar-refractivity contribution in [2.75, 3.05) is 13.1 Å². The van der Waals surface area contributed by atoms with E-state index in [2.05, 4.69) is 25.7 Å². The molecule has 0 spiro atoms. The molecule has 2 fully saturated rings. The summed E-state index contributed by atoms with van der Waals surface area (Å²) in [5.74, 6) is 0. The summed E-state index contributed by atoms with van der Waals surface area (Å²) < 4.78 is 0. The van der Waals surface area contributed by atoms with Gasteiger partial charge in [-0.05, 0) is 44.6 Å². The molecule has 2 saturated carbocycles. The average molecular weight is 224 g/mol. The Morgan fingerprint density at radius 1 is 1.31 bits per heavy atom. The zero-order valence-electron chi connectivity index (χ0n) is 11.3. The average Bonchev–Trinajstić information content (AvgIpc) is 2.83. The summed E-state index contributed by atoms with van der Waals surface area (Å²) in [7, 11) is 0. The quantitative estimate of drug-likeness (QED) is 0.778. The monoisotopic (exact) mass is 224 g/mol. The van der Waals surface area contributed by atoms with E-state index in [4.69, 9.17) is 5.73 Å². The van der Waals surface area contributed by atoms with Crippen molar-refractivity contribution in [3.8, 4) is 0 Å². The third-order valence-corrected chi connectivity index (χ3v) is 5.44. The summed E-state index contributed by atoms with van der Waals surface area (Å²) in [5.41, 5.74) is 6.85. The van der Waals surface area contributed by atoms with Crippen LogP contribution in [0.5, 0.6) is 0 Å². The number of hydrogen-bond donors (Lipinski definition) is 1. The summed E-state index contributed by atoms with van der Waals surface area (Å²) in [6.45, 7) is 9.11. The highest BCUT2D eigenvalue weighted by Gasteiger charge is 2.55. The van der Waals surface area contributed by atoms with Gasteiger partial charge in [-0.1, -0.05) is 26.7 Å². The minimum absolute atomic E-state index is 0.233. The predicted octanol–water partition coefficient (Wildman–Crippen LogP) is 2.77. The van der Waals surface area contributed by atoms with Crippen LogP contribution in [-0.4, -0.2) is 29.6 Å². The van der Waals surface area contributed by atoms with Gasteiger partial charge in [0.1, 0.15) is 0 Å². The van der Waals surface area contributed by atoms with Crippen LogP contribution in [-0.2, 0) is 0 Å². The maximum Gasteiger partial charge on any atom is 0.0359 e. The fourth-order valence-electron chi connectivity index (χ4n) is 3.66. The maximum atomic E-state index is 6.14. The Morgan fingerprint density at radius 2 is 1.88 bits per heavy atom. The minimum atomic E-state index is 0.233. The van der Waals surface area contributed by atoms with Crippen LogP contribution in [0.15, 0.2) is 0 Å². The van der Waals surface area contributed by atoms with Crippen molar-refractivity contribution in [2.45, 2.75) is 70.9 Å². The molecule has 0 bridgehead atoms. The number of hydrogen-bond acceptors (Lipinski definition) is 2. The van der Waals surface area contributed by atoms with Crippen LogP contribution in [0.3, 0.4) is 0 Å². The molecule has 2 aliphatic rings. The second-order valence-corrected chi connectivity index (χ2v) is 6.26. The molecule has 2 aliphatic carbocycles. The molecule has 0 radical (unpaired) electrons. The van der Waals surface area contributed by atoms with Crippen molar-refractivity contribution < 1.29 is 0 Å². The van der Waals surface area contributed by atoms with Crippen molar-refractivity contribution in [3.05, 3.63) is 0 Å². The SMILES string of the molecule is CCN(C1CCCC1)C(C)(CN)C1(C)CC1. The van der Waals surface area contributed by atoms with Gasteiger partial charge < -0.3 is 5.73 Å². The Morgan fingerprint density at radius 3 is 2.25 bits per heavy atom.